The minimum absolute atomic E-state index is 0.0646. The van der Waals surface area contributed by atoms with E-state index in [1.165, 1.54) is 4.90 Å². The van der Waals surface area contributed by atoms with Crippen molar-refractivity contribution in [2.75, 3.05) is 23.4 Å². The maximum atomic E-state index is 13.2. The number of para-hydroxylation sites is 1. The van der Waals surface area contributed by atoms with Crippen LogP contribution in [0.3, 0.4) is 0 Å². The Hall–Kier alpha value is -3.86. The number of anilines is 2. The fraction of sp³-hybridized carbons (Fsp3) is 0.273. The van der Waals surface area contributed by atoms with Crippen LogP contribution in [0.2, 0.25) is 0 Å². The monoisotopic (exact) mass is 404 g/mol. The molecule has 2 aromatic carbocycles. The third-order valence-corrected chi connectivity index (χ3v) is 5.47. The normalized spacial score (nSPS) is 19.7. The molecule has 4 rings (SSSR count). The van der Waals surface area contributed by atoms with Crippen molar-refractivity contribution in [3.63, 3.8) is 0 Å². The summed E-state index contributed by atoms with van der Waals surface area (Å²) < 4.78 is 5.25. The Balaban J connectivity index is 1.57. The molecular weight excluding hydrogens is 384 g/mol. The van der Waals surface area contributed by atoms with Crippen LogP contribution in [0.5, 0.6) is 5.75 Å². The molecule has 0 radical (unpaired) electrons. The average Bonchev–Trinajstić information content (AvgIpc) is 3.05. The molecular formula is C22H20N4O4. The summed E-state index contributed by atoms with van der Waals surface area (Å²) in [6.07, 6.45) is 0.769. The van der Waals surface area contributed by atoms with Crippen LogP contribution in [-0.2, 0) is 9.59 Å². The summed E-state index contributed by atoms with van der Waals surface area (Å²) in [5.74, 6) is -0.275. The molecule has 0 spiro atoms. The fourth-order valence-electron chi connectivity index (χ4n) is 4.06. The van der Waals surface area contributed by atoms with Gasteiger partial charge in [-0.05, 0) is 37.6 Å². The number of ether oxygens (including phenoxy) is 1. The van der Waals surface area contributed by atoms with Gasteiger partial charge in [0.25, 0.3) is 5.91 Å². The molecule has 3 amide bonds. The third-order valence-electron chi connectivity index (χ3n) is 5.47. The molecule has 1 atom stereocenters. The highest BCUT2D eigenvalue weighted by molar-refractivity contribution is 6.11. The van der Waals surface area contributed by atoms with Crippen LogP contribution in [0.4, 0.5) is 11.4 Å². The number of carbonyl (C=O) groups is 3. The zero-order chi connectivity index (χ0) is 21.3. The number of rotatable bonds is 5. The van der Waals surface area contributed by atoms with Crippen LogP contribution in [0.15, 0.2) is 48.5 Å². The first kappa shape index (κ1) is 19.5. The largest absolute Gasteiger partial charge is 0.479 e. The van der Waals surface area contributed by atoms with E-state index in [0.717, 1.165) is 0 Å². The number of nitriles is 1. The quantitative estimate of drug-likeness (QED) is 0.825. The number of carbonyl (C=O) groups excluding carboxylic acids is 3. The van der Waals surface area contributed by atoms with E-state index in [9.17, 15) is 14.4 Å². The second kappa shape index (κ2) is 7.52. The van der Waals surface area contributed by atoms with Crippen molar-refractivity contribution >= 4 is 29.1 Å². The number of amides is 3. The number of nitrogens with one attached hydrogen (secondary N) is 1. The van der Waals surface area contributed by atoms with Crippen molar-refractivity contribution in [1.82, 2.24) is 4.90 Å². The Kier molecular flexibility index (Phi) is 4.88. The number of benzene rings is 2. The molecule has 1 fully saturated rings. The lowest BCUT2D eigenvalue weighted by molar-refractivity contribution is -0.120. The van der Waals surface area contributed by atoms with E-state index in [2.05, 4.69) is 5.32 Å². The highest BCUT2D eigenvalue weighted by Gasteiger charge is 2.53. The Morgan fingerprint density at radius 2 is 2.03 bits per heavy atom. The molecule has 1 N–H and O–H groups in total. The number of fused-ring (bicyclic) bond motifs is 3. The molecule has 30 heavy (non-hydrogen) atoms. The van der Waals surface area contributed by atoms with Crippen molar-refractivity contribution in [2.45, 2.75) is 25.4 Å². The van der Waals surface area contributed by atoms with Gasteiger partial charge in [0.15, 0.2) is 6.61 Å². The van der Waals surface area contributed by atoms with Crippen molar-refractivity contribution < 1.29 is 19.1 Å². The smallest absolute Gasteiger partial charge is 0.258 e. The fourth-order valence-corrected chi connectivity index (χ4v) is 4.06. The second-order valence-corrected chi connectivity index (χ2v) is 7.38. The maximum Gasteiger partial charge on any atom is 0.258 e. The van der Waals surface area contributed by atoms with Gasteiger partial charge in [-0.25, -0.2) is 0 Å². The van der Waals surface area contributed by atoms with E-state index in [1.807, 2.05) is 13.0 Å². The first-order chi connectivity index (χ1) is 14.4. The van der Waals surface area contributed by atoms with Gasteiger partial charge in [-0.1, -0.05) is 18.2 Å². The number of hydrogen-bond acceptors (Lipinski definition) is 5. The first-order valence-electron chi connectivity index (χ1n) is 9.58. The molecule has 0 aromatic heterocycles. The second-order valence-electron chi connectivity index (χ2n) is 7.38. The Bertz CT molecular complexity index is 1080. The highest BCUT2D eigenvalue weighted by Crippen LogP contribution is 2.43. The lowest BCUT2D eigenvalue weighted by atomic mass is 9.98. The Morgan fingerprint density at radius 3 is 2.83 bits per heavy atom. The average molecular weight is 404 g/mol. The van der Waals surface area contributed by atoms with Crippen LogP contribution in [-0.4, -0.2) is 41.4 Å². The molecule has 0 aliphatic carbocycles. The van der Waals surface area contributed by atoms with Crippen LogP contribution < -0.4 is 15.0 Å². The number of hydrogen-bond donors (Lipinski definition) is 1. The van der Waals surface area contributed by atoms with E-state index in [1.54, 1.807) is 53.4 Å². The lowest BCUT2D eigenvalue weighted by Gasteiger charge is -2.48. The predicted molar refractivity (Wildman–Crippen MR) is 109 cm³/mol. The summed E-state index contributed by atoms with van der Waals surface area (Å²) >= 11 is 0. The molecule has 8 heteroatoms. The van der Waals surface area contributed by atoms with Crippen molar-refractivity contribution in [1.29, 1.82) is 5.26 Å². The van der Waals surface area contributed by atoms with Gasteiger partial charge < -0.3 is 15.0 Å². The van der Waals surface area contributed by atoms with Gasteiger partial charge in [0.05, 0.1) is 11.3 Å². The van der Waals surface area contributed by atoms with Gasteiger partial charge in [0.2, 0.25) is 11.8 Å². The maximum absolute atomic E-state index is 13.2. The van der Waals surface area contributed by atoms with Crippen LogP contribution in [0.1, 0.15) is 30.1 Å². The van der Waals surface area contributed by atoms with Crippen LogP contribution in [0.25, 0.3) is 0 Å². The molecule has 2 aliphatic heterocycles. The molecule has 0 saturated carbocycles. The zero-order valence-electron chi connectivity index (χ0n) is 16.4. The van der Waals surface area contributed by atoms with E-state index >= 15 is 0 Å². The van der Waals surface area contributed by atoms with Crippen LogP contribution >= 0.6 is 0 Å². The summed E-state index contributed by atoms with van der Waals surface area (Å²) in [4.78, 5) is 41.6. The summed E-state index contributed by atoms with van der Waals surface area (Å²) in [5.41, 5.74) is 0.596. The summed E-state index contributed by atoms with van der Waals surface area (Å²) in [6, 6.07) is 15.5. The molecule has 152 valence electrons. The van der Waals surface area contributed by atoms with Crippen molar-refractivity contribution in [3.05, 3.63) is 54.1 Å². The standard InChI is InChI=1S/C22H20N4O4/c1-22-10-9-20(28)26(22)18-8-3-2-7-17(18)21(29)25(22)14-19(27)24-15-5-4-6-16(13-15)30-12-11-23/h2-8,13H,9-10,12,14H2,1H3,(H,24,27). The van der Waals surface area contributed by atoms with Gasteiger partial charge in [-0.3, -0.25) is 19.3 Å². The minimum Gasteiger partial charge on any atom is -0.479 e. The molecule has 1 saturated heterocycles. The molecule has 2 aromatic rings. The van der Waals surface area contributed by atoms with Gasteiger partial charge >= 0.3 is 0 Å². The summed E-state index contributed by atoms with van der Waals surface area (Å²) in [6.45, 7) is 1.52. The lowest BCUT2D eigenvalue weighted by Crippen LogP contribution is -2.63. The van der Waals surface area contributed by atoms with Gasteiger partial charge in [-0.15, -0.1) is 0 Å². The summed E-state index contributed by atoms with van der Waals surface area (Å²) in [5, 5.41) is 11.4. The SMILES string of the molecule is CC12CCC(=O)N1c1ccccc1C(=O)N2CC(=O)Nc1cccc(OCC#N)c1. The van der Waals surface area contributed by atoms with E-state index < -0.39 is 5.66 Å². The van der Waals surface area contributed by atoms with Gasteiger partial charge in [0, 0.05) is 18.2 Å². The third kappa shape index (κ3) is 3.24. The predicted octanol–water partition coefficient (Wildman–Crippen LogP) is 2.53. The van der Waals surface area contributed by atoms with Gasteiger partial charge in [-0.2, -0.15) is 5.26 Å². The molecule has 2 aliphatic rings. The summed E-state index contributed by atoms with van der Waals surface area (Å²) in [7, 11) is 0. The van der Waals surface area contributed by atoms with E-state index in [0.29, 0.717) is 35.5 Å². The minimum atomic E-state index is -0.891. The Morgan fingerprint density at radius 1 is 1.23 bits per heavy atom. The zero-order valence-corrected chi connectivity index (χ0v) is 16.4. The van der Waals surface area contributed by atoms with E-state index in [-0.39, 0.29) is 30.9 Å². The molecule has 1 unspecified atom stereocenters. The first-order valence-corrected chi connectivity index (χ1v) is 9.58. The molecule has 8 nitrogen and oxygen atoms in total. The van der Waals surface area contributed by atoms with Crippen molar-refractivity contribution in [3.8, 4) is 11.8 Å². The molecule has 2 heterocycles. The highest BCUT2D eigenvalue weighted by atomic mass is 16.5. The van der Waals surface area contributed by atoms with Crippen molar-refractivity contribution in [2.24, 2.45) is 0 Å². The topological polar surface area (TPSA) is 103 Å². The number of nitrogens with zero attached hydrogens (tertiary/aromatic N) is 3. The van der Waals surface area contributed by atoms with Gasteiger partial charge in [0.1, 0.15) is 24.0 Å². The molecule has 0 bridgehead atoms. The Labute approximate surface area is 173 Å². The van der Waals surface area contributed by atoms with Crippen LogP contribution in [0, 0.1) is 11.3 Å². The van der Waals surface area contributed by atoms with E-state index in [4.69, 9.17) is 10.00 Å².